The first kappa shape index (κ1) is 19.9. The van der Waals surface area contributed by atoms with E-state index in [-0.39, 0.29) is 29.4 Å². The quantitative estimate of drug-likeness (QED) is 0.472. The van der Waals surface area contributed by atoms with Gasteiger partial charge < -0.3 is 9.84 Å². The van der Waals surface area contributed by atoms with Gasteiger partial charge in [-0.15, -0.1) is 0 Å². The number of benzene rings is 2. The maximum absolute atomic E-state index is 12.3. The molecule has 0 bridgehead atoms. The van der Waals surface area contributed by atoms with E-state index in [2.05, 4.69) is 15.5 Å². The maximum Gasteiger partial charge on any atom is 0.279 e. The summed E-state index contributed by atoms with van der Waals surface area (Å²) in [5.74, 6) is -0.394. The van der Waals surface area contributed by atoms with E-state index in [1.807, 2.05) is 0 Å². The Kier molecular flexibility index (Phi) is 5.50. The average molecular weight is 418 g/mol. The zero-order chi connectivity index (χ0) is 21.1. The Hall–Kier alpha value is -3.86. The van der Waals surface area contributed by atoms with Gasteiger partial charge in [-0.3, -0.25) is 25.0 Å². The van der Waals surface area contributed by atoms with Crippen LogP contribution in [-0.2, 0) is 6.54 Å². The number of rotatable bonds is 6. The maximum atomic E-state index is 12.3. The molecule has 0 radical (unpaired) electrons. The predicted octanol–water partition coefficient (Wildman–Crippen LogP) is 3.44. The highest BCUT2D eigenvalue weighted by Gasteiger charge is 2.25. The second-order valence-corrected chi connectivity index (χ2v) is 6.29. The van der Waals surface area contributed by atoms with E-state index in [0.29, 0.717) is 10.6 Å². The molecule has 0 saturated carbocycles. The number of amides is 1. The highest BCUT2D eigenvalue weighted by molar-refractivity contribution is 6.30. The summed E-state index contributed by atoms with van der Waals surface area (Å²) >= 11 is 5.82. The van der Waals surface area contributed by atoms with E-state index in [1.165, 1.54) is 6.92 Å². The lowest BCUT2D eigenvalue weighted by atomic mass is 10.1. The Morgan fingerprint density at radius 3 is 2.28 bits per heavy atom. The van der Waals surface area contributed by atoms with E-state index < -0.39 is 27.1 Å². The summed E-state index contributed by atoms with van der Waals surface area (Å²) < 4.78 is 5.05. The third kappa shape index (κ3) is 4.35. The van der Waals surface area contributed by atoms with Crippen molar-refractivity contribution in [1.29, 1.82) is 0 Å². The van der Waals surface area contributed by atoms with Crippen molar-refractivity contribution >= 4 is 28.9 Å². The van der Waals surface area contributed by atoms with Crippen LogP contribution in [0.25, 0.3) is 11.4 Å². The van der Waals surface area contributed by atoms with E-state index >= 15 is 0 Å². The molecule has 3 aromatic rings. The van der Waals surface area contributed by atoms with Gasteiger partial charge in [0.1, 0.15) is 5.56 Å². The predicted molar refractivity (Wildman–Crippen MR) is 100 cm³/mol. The summed E-state index contributed by atoms with van der Waals surface area (Å²) in [6.45, 7) is 1.07. The van der Waals surface area contributed by atoms with Gasteiger partial charge in [0.2, 0.25) is 11.7 Å². The number of nitro benzene ring substituents is 2. The molecule has 12 heteroatoms. The molecule has 11 nitrogen and oxygen atoms in total. The van der Waals surface area contributed by atoms with Crippen LogP contribution in [0.2, 0.25) is 5.02 Å². The molecule has 0 unspecified atom stereocenters. The first-order chi connectivity index (χ1) is 13.8. The first-order valence-corrected chi connectivity index (χ1v) is 8.44. The summed E-state index contributed by atoms with van der Waals surface area (Å²) in [5, 5.41) is 29.0. The lowest BCUT2D eigenvalue weighted by molar-refractivity contribution is -0.395. The lowest BCUT2D eigenvalue weighted by Crippen LogP contribution is -2.23. The molecule has 2 aromatic carbocycles. The fraction of sp³-hybridized carbons (Fsp3) is 0.118. The topological polar surface area (TPSA) is 154 Å². The lowest BCUT2D eigenvalue weighted by Gasteiger charge is -2.05. The number of halogens is 1. The molecule has 29 heavy (non-hydrogen) atoms. The van der Waals surface area contributed by atoms with Crippen LogP contribution in [0.4, 0.5) is 11.4 Å². The number of hydrogen-bond donors (Lipinski definition) is 1. The van der Waals surface area contributed by atoms with Crippen molar-refractivity contribution in [2.45, 2.75) is 13.5 Å². The molecule has 0 aliphatic rings. The fourth-order valence-electron chi connectivity index (χ4n) is 2.50. The molecular formula is C17H12ClN5O6. The van der Waals surface area contributed by atoms with Crippen molar-refractivity contribution in [3.8, 4) is 11.4 Å². The number of hydrogen-bond acceptors (Lipinski definition) is 8. The Balaban J connectivity index is 1.77. The summed E-state index contributed by atoms with van der Waals surface area (Å²) in [6.07, 6.45) is 0. The molecule has 0 fully saturated rings. The molecule has 0 aliphatic heterocycles. The van der Waals surface area contributed by atoms with Crippen molar-refractivity contribution in [3.63, 3.8) is 0 Å². The number of nitrogens with zero attached hydrogens (tertiary/aromatic N) is 4. The number of nitro groups is 2. The second kappa shape index (κ2) is 8.02. The monoisotopic (exact) mass is 417 g/mol. The van der Waals surface area contributed by atoms with Crippen molar-refractivity contribution < 1.29 is 19.2 Å². The van der Waals surface area contributed by atoms with E-state index in [4.69, 9.17) is 16.1 Å². The van der Waals surface area contributed by atoms with Crippen LogP contribution in [-0.4, -0.2) is 25.9 Å². The number of nitrogens with one attached hydrogen (secondary N) is 1. The minimum absolute atomic E-state index is 0.0828. The van der Waals surface area contributed by atoms with Crippen LogP contribution < -0.4 is 5.32 Å². The molecule has 0 spiro atoms. The Labute approximate surface area is 167 Å². The summed E-state index contributed by atoms with van der Waals surface area (Å²) in [4.78, 5) is 37.1. The number of carbonyl (C=O) groups is 1. The zero-order valence-corrected chi connectivity index (χ0v) is 15.5. The van der Waals surface area contributed by atoms with Crippen LogP contribution in [0.15, 0.2) is 40.9 Å². The van der Waals surface area contributed by atoms with Gasteiger partial charge in [-0.2, -0.15) is 4.98 Å². The minimum atomic E-state index is -0.782. The molecule has 148 valence electrons. The molecular weight excluding hydrogens is 406 g/mol. The Morgan fingerprint density at radius 1 is 1.14 bits per heavy atom. The highest BCUT2D eigenvalue weighted by Crippen LogP contribution is 2.29. The van der Waals surface area contributed by atoms with E-state index in [1.54, 1.807) is 24.3 Å². The standard InChI is InChI=1S/C17H12ClN5O6/c1-9-13(22(25)26)6-11(7-14(9)23(27)28)17(24)19-8-15-20-16(21-29-15)10-2-4-12(18)5-3-10/h2-7H,8H2,1H3,(H,19,24). The van der Waals surface area contributed by atoms with Crippen molar-refractivity contribution in [3.05, 3.63) is 78.7 Å². The molecule has 0 saturated heterocycles. The Bertz CT molecular complexity index is 1080. The van der Waals surface area contributed by atoms with E-state index in [0.717, 1.165) is 12.1 Å². The van der Waals surface area contributed by atoms with E-state index in [9.17, 15) is 25.0 Å². The van der Waals surface area contributed by atoms with Crippen molar-refractivity contribution in [2.24, 2.45) is 0 Å². The Morgan fingerprint density at radius 2 is 1.72 bits per heavy atom. The van der Waals surface area contributed by atoms with Crippen molar-refractivity contribution in [1.82, 2.24) is 15.5 Å². The van der Waals surface area contributed by atoms with Gasteiger partial charge in [-0.05, 0) is 31.2 Å². The SMILES string of the molecule is Cc1c([N+](=O)[O-])cc(C(=O)NCc2nc(-c3ccc(Cl)cc3)no2)cc1[N+](=O)[O-]. The smallest absolute Gasteiger partial charge is 0.279 e. The van der Waals surface area contributed by atoms with Gasteiger partial charge >= 0.3 is 0 Å². The van der Waals surface area contributed by atoms with Gasteiger partial charge in [0.15, 0.2) is 0 Å². The molecule has 0 atom stereocenters. The van der Waals surface area contributed by atoms with Crippen molar-refractivity contribution in [2.75, 3.05) is 0 Å². The minimum Gasteiger partial charge on any atom is -0.343 e. The molecule has 1 heterocycles. The third-order valence-electron chi connectivity index (χ3n) is 3.98. The van der Waals surface area contributed by atoms with Crippen LogP contribution >= 0.6 is 11.6 Å². The van der Waals surface area contributed by atoms with Gasteiger partial charge in [-0.25, -0.2) is 0 Å². The molecule has 1 amide bonds. The normalized spacial score (nSPS) is 10.6. The molecule has 1 aromatic heterocycles. The summed E-state index contributed by atoms with van der Waals surface area (Å²) in [6, 6.07) is 8.66. The summed E-state index contributed by atoms with van der Waals surface area (Å²) in [5.41, 5.74) is -0.757. The van der Waals surface area contributed by atoms with Gasteiger partial charge in [0.05, 0.1) is 22.0 Å². The average Bonchev–Trinajstić information content (AvgIpc) is 3.15. The van der Waals surface area contributed by atoms with Gasteiger partial charge in [0, 0.05) is 22.7 Å². The summed E-state index contributed by atoms with van der Waals surface area (Å²) in [7, 11) is 0. The van der Waals surface area contributed by atoms with Gasteiger partial charge in [0.25, 0.3) is 17.3 Å². The second-order valence-electron chi connectivity index (χ2n) is 5.86. The molecule has 0 aliphatic carbocycles. The first-order valence-electron chi connectivity index (χ1n) is 8.06. The largest absolute Gasteiger partial charge is 0.343 e. The highest BCUT2D eigenvalue weighted by atomic mass is 35.5. The zero-order valence-electron chi connectivity index (χ0n) is 14.8. The molecule has 3 rings (SSSR count). The number of carbonyl (C=O) groups excluding carboxylic acids is 1. The third-order valence-corrected chi connectivity index (χ3v) is 4.23. The van der Waals surface area contributed by atoms with Crippen LogP contribution in [0.3, 0.4) is 0 Å². The number of aromatic nitrogens is 2. The van der Waals surface area contributed by atoms with Crippen LogP contribution in [0.5, 0.6) is 0 Å². The molecule has 1 N–H and O–H groups in total. The van der Waals surface area contributed by atoms with Crippen LogP contribution in [0.1, 0.15) is 21.8 Å². The van der Waals surface area contributed by atoms with Crippen LogP contribution in [0, 0.1) is 27.2 Å². The van der Waals surface area contributed by atoms with Gasteiger partial charge in [-0.1, -0.05) is 16.8 Å². The fourth-order valence-corrected chi connectivity index (χ4v) is 2.62.